The summed E-state index contributed by atoms with van der Waals surface area (Å²) in [6.45, 7) is 9.00. The first-order valence-corrected chi connectivity index (χ1v) is 8.03. The average molecular weight is 325 g/mol. The monoisotopic (exact) mass is 324 g/mol. The summed E-state index contributed by atoms with van der Waals surface area (Å²) < 4.78 is 10.6. The molecule has 1 fully saturated rings. The van der Waals surface area contributed by atoms with Gasteiger partial charge in [0.05, 0.1) is 5.02 Å². The maximum Gasteiger partial charge on any atom is 0.254 e. The molecule has 0 radical (unpaired) electrons. The van der Waals surface area contributed by atoms with Crippen LogP contribution in [0.5, 0.6) is 11.5 Å². The highest BCUT2D eigenvalue weighted by Gasteiger charge is 2.26. The molecule has 0 atom stereocenters. The number of amides is 1. The molecule has 2 aliphatic rings. The lowest BCUT2D eigenvalue weighted by molar-refractivity contribution is 0.0623. The van der Waals surface area contributed by atoms with Gasteiger partial charge in [0.15, 0.2) is 11.5 Å². The van der Waals surface area contributed by atoms with Gasteiger partial charge in [0, 0.05) is 38.3 Å². The van der Waals surface area contributed by atoms with Crippen molar-refractivity contribution in [3.8, 4) is 11.5 Å². The normalized spacial score (nSPS) is 18.1. The van der Waals surface area contributed by atoms with E-state index in [1.54, 1.807) is 12.1 Å². The summed E-state index contributed by atoms with van der Waals surface area (Å²) in [5.41, 5.74) is 0.562. The first-order chi connectivity index (χ1) is 10.5. The molecule has 1 aromatic carbocycles. The number of halogens is 1. The van der Waals surface area contributed by atoms with Crippen molar-refractivity contribution in [3.63, 3.8) is 0 Å². The van der Waals surface area contributed by atoms with E-state index >= 15 is 0 Å². The molecule has 0 spiro atoms. The molecular weight excluding hydrogens is 304 g/mol. The van der Waals surface area contributed by atoms with Gasteiger partial charge in [0.2, 0.25) is 6.79 Å². The van der Waals surface area contributed by atoms with E-state index in [1.807, 2.05) is 4.90 Å². The molecule has 22 heavy (non-hydrogen) atoms. The molecule has 0 aliphatic carbocycles. The summed E-state index contributed by atoms with van der Waals surface area (Å²) in [4.78, 5) is 16.9. The van der Waals surface area contributed by atoms with Crippen LogP contribution in [-0.2, 0) is 0 Å². The van der Waals surface area contributed by atoms with Gasteiger partial charge in [0.25, 0.3) is 5.91 Å². The van der Waals surface area contributed by atoms with Gasteiger partial charge in [-0.3, -0.25) is 9.69 Å². The van der Waals surface area contributed by atoms with E-state index in [4.69, 9.17) is 21.1 Å². The lowest BCUT2D eigenvalue weighted by Gasteiger charge is -2.35. The lowest BCUT2D eigenvalue weighted by Crippen LogP contribution is -2.49. The van der Waals surface area contributed by atoms with Gasteiger partial charge in [-0.15, -0.1) is 0 Å². The zero-order valence-electron chi connectivity index (χ0n) is 13.0. The third-order valence-corrected chi connectivity index (χ3v) is 4.24. The first-order valence-electron chi connectivity index (χ1n) is 7.65. The Balaban J connectivity index is 1.67. The van der Waals surface area contributed by atoms with Crippen LogP contribution in [0.1, 0.15) is 24.2 Å². The summed E-state index contributed by atoms with van der Waals surface area (Å²) in [7, 11) is 0. The van der Waals surface area contributed by atoms with Crippen LogP contribution < -0.4 is 9.47 Å². The molecule has 0 N–H and O–H groups in total. The van der Waals surface area contributed by atoms with Crippen LogP contribution >= 0.6 is 11.6 Å². The second kappa shape index (κ2) is 6.34. The number of fused-ring (bicyclic) bond motifs is 1. The van der Waals surface area contributed by atoms with Crippen LogP contribution in [-0.4, -0.2) is 55.2 Å². The largest absolute Gasteiger partial charge is 0.454 e. The Morgan fingerprint density at radius 1 is 1.23 bits per heavy atom. The Hall–Kier alpha value is -1.46. The third kappa shape index (κ3) is 3.15. The van der Waals surface area contributed by atoms with Gasteiger partial charge >= 0.3 is 0 Å². The Morgan fingerprint density at radius 2 is 1.95 bits per heavy atom. The van der Waals surface area contributed by atoms with Crippen molar-refractivity contribution in [1.82, 2.24) is 9.80 Å². The zero-order valence-corrected chi connectivity index (χ0v) is 13.7. The molecule has 1 amide bonds. The van der Waals surface area contributed by atoms with E-state index in [-0.39, 0.29) is 12.7 Å². The average Bonchev–Trinajstić information content (AvgIpc) is 2.95. The quantitative estimate of drug-likeness (QED) is 0.856. The minimum Gasteiger partial charge on any atom is -0.454 e. The van der Waals surface area contributed by atoms with Gasteiger partial charge in [-0.2, -0.15) is 0 Å². The van der Waals surface area contributed by atoms with Crippen LogP contribution in [0, 0.1) is 5.92 Å². The van der Waals surface area contributed by atoms with Crippen molar-refractivity contribution in [2.45, 2.75) is 13.8 Å². The summed E-state index contributed by atoms with van der Waals surface area (Å²) in [5, 5.41) is 0.428. The minimum absolute atomic E-state index is 0.00407. The summed E-state index contributed by atoms with van der Waals surface area (Å²) in [6, 6.07) is 3.38. The van der Waals surface area contributed by atoms with Crippen LogP contribution in [0.2, 0.25) is 5.02 Å². The number of carbonyl (C=O) groups is 1. The van der Waals surface area contributed by atoms with Crippen molar-refractivity contribution in [3.05, 3.63) is 22.7 Å². The molecule has 0 unspecified atom stereocenters. The van der Waals surface area contributed by atoms with Crippen LogP contribution in [0.4, 0.5) is 0 Å². The van der Waals surface area contributed by atoms with Crippen LogP contribution in [0.25, 0.3) is 0 Å². The van der Waals surface area contributed by atoms with Crippen LogP contribution in [0.15, 0.2) is 12.1 Å². The lowest BCUT2D eigenvalue weighted by atomic mass is 10.1. The molecule has 2 heterocycles. The van der Waals surface area contributed by atoms with Gasteiger partial charge < -0.3 is 14.4 Å². The molecule has 120 valence electrons. The molecule has 2 aliphatic heterocycles. The minimum atomic E-state index is 0.00407. The predicted molar refractivity (Wildman–Crippen MR) is 84.8 cm³/mol. The van der Waals surface area contributed by atoms with Crippen LogP contribution in [0.3, 0.4) is 0 Å². The second-order valence-corrected chi connectivity index (χ2v) is 6.59. The maximum absolute atomic E-state index is 12.6. The third-order valence-electron chi connectivity index (χ3n) is 3.96. The number of nitrogens with zero attached hydrogens (tertiary/aromatic N) is 2. The van der Waals surface area contributed by atoms with Crippen molar-refractivity contribution < 1.29 is 14.3 Å². The number of benzene rings is 1. The summed E-state index contributed by atoms with van der Waals surface area (Å²) in [5.74, 6) is 1.73. The SMILES string of the molecule is CC(C)CN1CCN(C(=O)c2cc(Cl)c3c(c2)OCO3)CC1. The fraction of sp³-hybridized carbons (Fsp3) is 0.562. The number of hydrogen-bond acceptors (Lipinski definition) is 4. The fourth-order valence-electron chi connectivity index (χ4n) is 2.92. The number of ether oxygens (including phenoxy) is 2. The smallest absolute Gasteiger partial charge is 0.254 e. The molecule has 6 heteroatoms. The van der Waals surface area contributed by atoms with Crippen molar-refractivity contribution >= 4 is 17.5 Å². The maximum atomic E-state index is 12.6. The number of hydrogen-bond donors (Lipinski definition) is 0. The molecule has 5 nitrogen and oxygen atoms in total. The van der Waals surface area contributed by atoms with Crippen molar-refractivity contribution in [2.24, 2.45) is 5.92 Å². The van der Waals surface area contributed by atoms with Gasteiger partial charge in [-0.1, -0.05) is 25.4 Å². The highest BCUT2D eigenvalue weighted by Crippen LogP contribution is 2.40. The topological polar surface area (TPSA) is 42.0 Å². The van der Waals surface area contributed by atoms with Crippen molar-refractivity contribution in [2.75, 3.05) is 39.5 Å². The Labute approximate surface area is 135 Å². The molecule has 3 rings (SSSR count). The summed E-state index contributed by atoms with van der Waals surface area (Å²) in [6.07, 6.45) is 0. The van der Waals surface area contributed by atoms with E-state index in [9.17, 15) is 4.79 Å². The second-order valence-electron chi connectivity index (χ2n) is 6.18. The fourth-order valence-corrected chi connectivity index (χ4v) is 3.19. The number of piperazine rings is 1. The molecule has 1 aromatic rings. The highest BCUT2D eigenvalue weighted by molar-refractivity contribution is 6.32. The zero-order chi connectivity index (χ0) is 15.7. The molecule has 0 aromatic heterocycles. The Kier molecular flexibility index (Phi) is 4.45. The Morgan fingerprint density at radius 3 is 2.64 bits per heavy atom. The predicted octanol–water partition coefficient (Wildman–Crippen LogP) is 2.48. The highest BCUT2D eigenvalue weighted by atomic mass is 35.5. The van der Waals surface area contributed by atoms with E-state index in [0.717, 1.165) is 32.7 Å². The number of rotatable bonds is 3. The molecule has 0 bridgehead atoms. The summed E-state index contributed by atoms with van der Waals surface area (Å²) >= 11 is 6.15. The van der Waals surface area contributed by atoms with Gasteiger partial charge in [-0.25, -0.2) is 0 Å². The van der Waals surface area contributed by atoms with Gasteiger partial charge in [0.1, 0.15) is 0 Å². The van der Waals surface area contributed by atoms with E-state index in [1.165, 1.54) is 0 Å². The van der Waals surface area contributed by atoms with Crippen molar-refractivity contribution in [1.29, 1.82) is 0 Å². The Bertz CT molecular complexity index is 569. The van der Waals surface area contributed by atoms with Gasteiger partial charge in [-0.05, 0) is 18.1 Å². The molecule has 0 saturated carbocycles. The van der Waals surface area contributed by atoms with E-state index in [2.05, 4.69) is 18.7 Å². The van der Waals surface area contributed by atoms with E-state index < -0.39 is 0 Å². The van der Waals surface area contributed by atoms with E-state index in [0.29, 0.717) is 28.0 Å². The number of carbonyl (C=O) groups excluding carboxylic acids is 1. The molecular formula is C16H21ClN2O3. The standard InChI is InChI=1S/C16H21ClN2O3/c1-11(2)9-18-3-5-19(6-4-18)16(20)12-7-13(17)15-14(8-12)21-10-22-15/h7-8,11H,3-6,9-10H2,1-2H3. The molecule has 1 saturated heterocycles. The first kappa shape index (κ1) is 15.4.